The zero-order valence-electron chi connectivity index (χ0n) is 14.0. The molecule has 22 heavy (non-hydrogen) atoms. The summed E-state index contributed by atoms with van der Waals surface area (Å²) in [5.41, 5.74) is 1.02. The van der Waals surface area contributed by atoms with Crippen LogP contribution in [0.1, 0.15) is 32.4 Å². The molecule has 122 valence electrons. The van der Waals surface area contributed by atoms with Crippen molar-refractivity contribution in [3.05, 3.63) is 30.1 Å². The Hall–Kier alpha value is -1.62. The lowest BCUT2D eigenvalue weighted by Gasteiger charge is -2.35. The molecule has 1 aliphatic rings. The number of rotatable bonds is 5. The fourth-order valence-corrected chi connectivity index (χ4v) is 2.90. The SMILES string of the molecule is CN=C(NCc1ccccn1)NCC(C)N1CCCC(C)C1. The standard InChI is InChI=1S/C17H29N5/c1-14-7-6-10-22(13-14)15(2)11-20-17(18-3)21-12-16-8-4-5-9-19-16/h4-5,8-9,14-15H,6-7,10-13H2,1-3H3,(H2,18,20,21). The number of aliphatic imine (C=N–C) groups is 1. The van der Waals surface area contributed by atoms with Gasteiger partial charge in [0.25, 0.3) is 0 Å². The largest absolute Gasteiger partial charge is 0.355 e. The third-order valence-corrected chi connectivity index (χ3v) is 4.26. The highest BCUT2D eigenvalue weighted by Crippen LogP contribution is 2.17. The Balaban J connectivity index is 1.73. The summed E-state index contributed by atoms with van der Waals surface area (Å²) in [4.78, 5) is 11.2. The molecular formula is C17H29N5. The van der Waals surface area contributed by atoms with Gasteiger partial charge in [-0.2, -0.15) is 0 Å². The number of hydrogen-bond donors (Lipinski definition) is 2. The Bertz CT molecular complexity index is 459. The predicted octanol–water partition coefficient (Wildman–Crippen LogP) is 1.87. The predicted molar refractivity (Wildman–Crippen MR) is 91.9 cm³/mol. The van der Waals surface area contributed by atoms with Gasteiger partial charge in [0.1, 0.15) is 0 Å². The van der Waals surface area contributed by atoms with Crippen molar-refractivity contribution in [2.75, 3.05) is 26.7 Å². The molecule has 1 saturated heterocycles. The molecule has 2 heterocycles. The highest BCUT2D eigenvalue weighted by atomic mass is 15.2. The number of guanidine groups is 1. The number of nitrogens with zero attached hydrogens (tertiary/aromatic N) is 3. The summed E-state index contributed by atoms with van der Waals surface area (Å²) in [6.45, 7) is 8.66. The number of piperidine rings is 1. The van der Waals surface area contributed by atoms with Crippen molar-refractivity contribution in [3.63, 3.8) is 0 Å². The molecule has 5 nitrogen and oxygen atoms in total. The van der Waals surface area contributed by atoms with Crippen LogP contribution in [0.2, 0.25) is 0 Å². The van der Waals surface area contributed by atoms with Gasteiger partial charge in [0, 0.05) is 32.4 Å². The van der Waals surface area contributed by atoms with E-state index >= 15 is 0 Å². The van der Waals surface area contributed by atoms with Crippen LogP contribution in [-0.2, 0) is 6.54 Å². The first kappa shape index (κ1) is 16.7. The van der Waals surface area contributed by atoms with Gasteiger partial charge >= 0.3 is 0 Å². The summed E-state index contributed by atoms with van der Waals surface area (Å²) in [5, 5.41) is 6.73. The summed E-state index contributed by atoms with van der Waals surface area (Å²) in [6, 6.07) is 6.46. The normalized spacial score (nSPS) is 21.4. The van der Waals surface area contributed by atoms with Crippen molar-refractivity contribution in [2.45, 2.75) is 39.3 Å². The molecule has 1 aromatic rings. The fourth-order valence-electron chi connectivity index (χ4n) is 2.90. The third kappa shape index (κ3) is 5.30. The zero-order valence-corrected chi connectivity index (χ0v) is 14.0. The van der Waals surface area contributed by atoms with Gasteiger partial charge in [0.2, 0.25) is 0 Å². The van der Waals surface area contributed by atoms with E-state index in [1.165, 1.54) is 25.9 Å². The summed E-state index contributed by atoms with van der Waals surface area (Å²) in [6.07, 6.45) is 4.49. The molecule has 5 heteroatoms. The van der Waals surface area contributed by atoms with E-state index in [9.17, 15) is 0 Å². The first-order chi connectivity index (χ1) is 10.7. The number of aromatic nitrogens is 1. The Morgan fingerprint density at radius 1 is 1.45 bits per heavy atom. The van der Waals surface area contributed by atoms with Crippen molar-refractivity contribution in [1.29, 1.82) is 0 Å². The molecule has 0 spiro atoms. The van der Waals surface area contributed by atoms with E-state index in [1.807, 2.05) is 24.4 Å². The average Bonchev–Trinajstić information content (AvgIpc) is 2.55. The fraction of sp³-hybridized carbons (Fsp3) is 0.647. The Morgan fingerprint density at radius 2 is 2.32 bits per heavy atom. The van der Waals surface area contributed by atoms with E-state index in [2.05, 4.69) is 39.4 Å². The first-order valence-corrected chi connectivity index (χ1v) is 8.27. The van der Waals surface area contributed by atoms with E-state index in [4.69, 9.17) is 0 Å². The summed E-state index contributed by atoms with van der Waals surface area (Å²) >= 11 is 0. The molecule has 2 unspecified atom stereocenters. The molecule has 2 rings (SSSR count). The number of pyridine rings is 1. The molecule has 0 radical (unpaired) electrons. The number of hydrogen-bond acceptors (Lipinski definition) is 3. The van der Waals surface area contributed by atoms with E-state index < -0.39 is 0 Å². The van der Waals surface area contributed by atoms with Gasteiger partial charge in [-0.1, -0.05) is 13.0 Å². The summed E-state index contributed by atoms with van der Waals surface area (Å²) in [7, 11) is 1.81. The summed E-state index contributed by atoms with van der Waals surface area (Å²) < 4.78 is 0. The van der Waals surface area contributed by atoms with E-state index in [1.54, 1.807) is 7.05 Å². The topological polar surface area (TPSA) is 52.6 Å². The van der Waals surface area contributed by atoms with Crippen LogP contribution in [0.5, 0.6) is 0 Å². The van der Waals surface area contributed by atoms with Crippen LogP contribution in [0, 0.1) is 5.92 Å². The monoisotopic (exact) mass is 303 g/mol. The van der Waals surface area contributed by atoms with Crippen molar-refractivity contribution >= 4 is 5.96 Å². The quantitative estimate of drug-likeness (QED) is 0.644. The smallest absolute Gasteiger partial charge is 0.191 e. The lowest BCUT2D eigenvalue weighted by Crippen LogP contribution is -2.48. The van der Waals surface area contributed by atoms with Gasteiger partial charge in [-0.25, -0.2) is 0 Å². The van der Waals surface area contributed by atoms with Crippen molar-refractivity contribution in [3.8, 4) is 0 Å². The van der Waals surface area contributed by atoms with Gasteiger partial charge in [-0.3, -0.25) is 14.9 Å². The highest BCUT2D eigenvalue weighted by Gasteiger charge is 2.20. The summed E-state index contributed by atoms with van der Waals surface area (Å²) in [5.74, 6) is 1.65. The first-order valence-electron chi connectivity index (χ1n) is 8.27. The van der Waals surface area contributed by atoms with E-state index in [0.29, 0.717) is 12.6 Å². The maximum Gasteiger partial charge on any atom is 0.191 e. The zero-order chi connectivity index (χ0) is 15.8. The van der Waals surface area contributed by atoms with Crippen molar-refractivity contribution in [1.82, 2.24) is 20.5 Å². The molecule has 0 amide bonds. The van der Waals surface area contributed by atoms with Crippen LogP contribution in [0.15, 0.2) is 29.4 Å². The van der Waals surface area contributed by atoms with Gasteiger partial charge in [0.15, 0.2) is 5.96 Å². The Kier molecular flexibility index (Phi) is 6.65. The molecule has 2 N–H and O–H groups in total. The molecule has 1 fully saturated rings. The van der Waals surface area contributed by atoms with Gasteiger partial charge < -0.3 is 10.6 Å². The average molecular weight is 303 g/mol. The molecular weight excluding hydrogens is 274 g/mol. The van der Waals surface area contributed by atoms with E-state index in [0.717, 1.165) is 24.1 Å². The van der Waals surface area contributed by atoms with Crippen LogP contribution in [0.4, 0.5) is 0 Å². The van der Waals surface area contributed by atoms with Crippen LogP contribution in [0.3, 0.4) is 0 Å². The lowest BCUT2D eigenvalue weighted by atomic mass is 9.99. The second kappa shape index (κ2) is 8.73. The van der Waals surface area contributed by atoms with Crippen molar-refractivity contribution in [2.24, 2.45) is 10.9 Å². The minimum atomic E-state index is 0.524. The maximum absolute atomic E-state index is 4.31. The van der Waals surface area contributed by atoms with E-state index in [-0.39, 0.29) is 0 Å². The second-order valence-electron chi connectivity index (χ2n) is 6.22. The Labute approximate surface area is 134 Å². The lowest BCUT2D eigenvalue weighted by molar-refractivity contribution is 0.139. The van der Waals surface area contributed by atoms with Gasteiger partial charge in [-0.05, 0) is 44.4 Å². The van der Waals surface area contributed by atoms with Crippen LogP contribution >= 0.6 is 0 Å². The third-order valence-electron chi connectivity index (χ3n) is 4.26. The molecule has 1 aliphatic heterocycles. The molecule has 0 saturated carbocycles. The molecule has 0 aliphatic carbocycles. The van der Waals surface area contributed by atoms with Crippen molar-refractivity contribution < 1.29 is 0 Å². The molecule has 1 aromatic heterocycles. The minimum Gasteiger partial charge on any atom is -0.355 e. The van der Waals surface area contributed by atoms with Crippen LogP contribution in [-0.4, -0.2) is 48.6 Å². The Morgan fingerprint density at radius 3 is 3.00 bits per heavy atom. The molecule has 2 atom stereocenters. The number of likely N-dealkylation sites (tertiary alicyclic amines) is 1. The highest BCUT2D eigenvalue weighted by molar-refractivity contribution is 5.79. The molecule has 0 bridgehead atoms. The second-order valence-corrected chi connectivity index (χ2v) is 6.22. The van der Waals surface area contributed by atoms with Crippen LogP contribution < -0.4 is 10.6 Å². The van der Waals surface area contributed by atoms with Gasteiger partial charge in [0.05, 0.1) is 12.2 Å². The molecule has 0 aromatic carbocycles. The van der Waals surface area contributed by atoms with Crippen LogP contribution in [0.25, 0.3) is 0 Å². The van der Waals surface area contributed by atoms with Gasteiger partial charge in [-0.15, -0.1) is 0 Å². The number of nitrogens with one attached hydrogen (secondary N) is 2. The minimum absolute atomic E-state index is 0.524. The maximum atomic E-state index is 4.31.